The van der Waals surface area contributed by atoms with Crippen LogP contribution in [-0.4, -0.2) is 35.6 Å². The first-order chi connectivity index (χ1) is 13.6. The van der Waals surface area contributed by atoms with Gasteiger partial charge in [0.25, 0.3) is 11.8 Å². The summed E-state index contributed by atoms with van der Waals surface area (Å²) in [7, 11) is 1.48. The molecule has 2 heterocycles. The number of carbonyl (C=O) groups excluding carboxylic acids is 2. The van der Waals surface area contributed by atoms with Gasteiger partial charge >= 0.3 is 0 Å². The van der Waals surface area contributed by atoms with Gasteiger partial charge in [-0.05, 0) is 45.4 Å². The fourth-order valence-electron chi connectivity index (χ4n) is 3.73. The summed E-state index contributed by atoms with van der Waals surface area (Å²) < 4.78 is 25.5. The number of aromatic nitrogens is 1. The number of benzene rings is 1. The first-order valence-corrected chi connectivity index (χ1v) is 9.20. The Hall–Kier alpha value is -3.00. The molecule has 3 rings (SSSR count). The number of amides is 2. The van der Waals surface area contributed by atoms with Crippen LogP contribution in [0.15, 0.2) is 30.5 Å². The highest BCUT2D eigenvalue weighted by Crippen LogP contribution is 2.45. The number of pyridine rings is 1. The number of anilines is 1. The molecular weight excluding hydrogens is 377 g/mol. The minimum absolute atomic E-state index is 0.0443. The summed E-state index contributed by atoms with van der Waals surface area (Å²) in [6.45, 7) is 5.43. The first kappa shape index (κ1) is 20.7. The van der Waals surface area contributed by atoms with Gasteiger partial charge in [-0.3, -0.25) is 14.6 Å². The molecule has 1 aliphatic rings. The van der Waals surface area contributed by atoms with E-state index in [1.165, 1.54) is 25.4 Å². The zero-order valence-electron chi connectivity index (χ0n) is 16.8. The molecule has 1 aromatic heterocycles. The Morgan fingerprint density at radius 3 is 2.72 bits per heavy atom. The van der Waals surface area contributed by atoms with Crippen molar-refractivity contribution < 1.29 is 23.5 Å². The summed E-state index contributed by atoms with van der Waals surface area (Å²) in [4.78, 5) is 28.2. The molecule has 8 heteroatoms. The van der Waals surface area contributed by atoms with Crippen molar-refractivity contribution in [3.05, 3.63) is 53.1 Å². The zero-order chi connectivity index (χ0) is 21.3. The number of rotatable bonds is 5. The van der Waals surface area contributed by atoms with Crippen molar-refractivity contribution in [1.82, 2.24) is 4.98 Å². The molecule has 0 spiro atoms. The van der Waals surface area contributed by atoms with E-state index in [-0.39, 0.29) is 23.3 Å². The molecule has 1 aromatic carbocycles. The summed E-state index contributed by atoms with van der Waals surface area (Å²) in [5.74, 6) is -1.37. The molecule has 2 amide bonds. The monoisotopic (exact) mass is 401 g/mol. The van der Waals surface area contributed by atoms with Crippen LogP contribution in [0.25, 0.3) is 0 Å². The SMILES string of the molecule is COc1c([C@H]2CC(C)(C)O[C@@H]2C(=O)Nc2ccnc(C(N)=O)c2)ccc(F)c1C. The van der Waals surface area contributed by atoms with E-state index in [1.807, 2.05) is 13.8 Å². The van der Waals surface area contributed by atoms with Crippen molar-refractivity contribution in [2.24, 2.45) is 5.73 Å². The van der Waals surface area contributed by atoms with Crippen LogP contribution in [-0.2, 0) is 9.53 Å². The van der Waals surface area contributed by atoms with Crippen molar-refractivity contribution in [3.8, 4) is 5.75 Å². The molecule has 1 fully saturated rings. The number of hydrogen-bond donors (Lipinski definition) is 2. The van der Waals surface area contributed by atoms with E-state index in [0.29, 0.717) is 29.0 Å². The topological polar surface area (TPSA) is 104 Å². The number of nitrogens with one attached hydrogen (secondary N) is 1. The van der Waals surface area contributed by atoms with Crippen molar-refractivity contribution in [3.63, 3.8) is 0 Å². The second kappa shape index (κ2) is 7.79. The lowest BCUT2D eigenvalue weighted by molar-refractivity contribution is -0.130. The molecule has 0 aliphatic carbocycles. The molecule has 0 saturated carbocycles. The normalized spacial score (nSPS) is 20.3. The molecule has 1 aliphatic heterocycles. The third kappa shape index (κ3) is 4.22. The van der Waals surface area contributed by atoms with Crippen molar-refractivity contribution in [2.75, 3.05) is 12.4 Å². The predicted molar refractivity (Wildman–Crippen MR) is 105 cm³/mol. The van der Waals surface area contributed by atoms with E-state index in [2.05, 4.69) is 10.3 Å². The Balaban J connectivity index is 1.93. The standard InChI is InChI=1S/C21H24FN3O4/c1-11-15(22)6-5-13(17(11)28-4)14-10-21(2,3)29-18(14)20(27)25-12-7-8-24-16(9-12)19(23)26/h5-9,14,18H,10H2,1-4H3,(H2,23,26)(H,24,25,27)/t14-,18+/m1/s1. The Bertz CT molecular complexity index is 961. The average Bonchev–Trinajstić information content (AvgIpc) is 2.99. The average molecular weight is 401 g/mol. The smallest absolute Gasteiger partial charge is 0.267 e. The van der Waals surface area contributed by atoms with Gasteiger partial charge in [-0.2, -0.15) is 0 Å². The highest BCUT2D eigenvalue weighted by molar-refractivity contribution is 5.97. The molecule has 0 unspecified atom stereocenters. The number of hydrogen-bond acceptors (Lipinski definition) is 5. The Kier molecular flexibility index (Phi) is 5.57. The number of nitrogens with zero attached hydrogens (tertiary/aromatic N) is 1. The van der Waals surface area contributed by atoms with Gasteiger partial charge < -0.3 is 20.5 Å². The lowest BCUT2D eigenvalue weighted by Crippen LogP contribution is -2.33. The third-order valence-corrected chi connectivity index (χ3v) is 5.04. The van der Waals surface area contributed by atoms with Gasteiger partial charge in [0.05, 0.1) is 12.7 Å². The van der Waals surface area contributed by atoms with Crippen molar-refractivity contribution in [2.45, 2.75) is 44.8 Å². The molecular formula is C21H24FN3O4. The van der Waals surface area contributed by atoms with Crippen molar-refractivity contribution in [1.29, 1.82) is 0 Å². The maximum Gasteiger partial charge on any atom is 0.267 e. The Morgan fingerprint density at radius 2 is 2.07 bits per heavy atom. The maximum absolute atomic E-state index is 14.0. The number of nitrogens with two attached hydrogens (primary N) is 1. The quantitative estimate of drug-likeness (QED) is 0.802. The molecule has 154 valence electrons. The number of primary amides is 1. The van der Waals surface area contributed by atoms with Gasteiger partial charge in [0.1, 0.15) is 23.4 Å². The summed E-state index contributed by atoms with van der Waals surface area (Å²) in [6.07, 6.45) is 1.11. The van der Waals surface area contributed by atoms with Gasteiger partial charge in [-0.15, -0.1) is 0 Å². The van der Waals surface area contributed by atoms with Gasteiger partial charge in [0, 0.05) is 28.9 Å². The van der Waals surface area contributed by atoms with Crippen molar-refractivity contribution >= 4 is 17.5 Å². The minimum atomic E-state index is -0.825. The van der Waals surface area contributed by atoms with Gasteiger partial charge in [-0.1, -0.05) is 6.07 Å². The van der Waals surface area contributed by atoms with Gasteiger partial charge in [0.15, 0.2) is 0 Å². The minimum Gasteiger partial charge on any atom is -0.496 e. The largest absolute Gasteiger partial charge is 0.496 e. The Labute approximate surface area is 168 Å². The molecule has 1 saturated heterocycles. The third-order valence-electron chi connectivity index (χ3n) is 5.04. The molecule has 2 aromatic rings. The van der Waals surface area contributed by atoms with Gasteiger partial charge in [0.2, 0.25) is 0 Å². The van der Waals surface area contributed by atoms with E-state index in [9.17, 15) is 14.0 Å². The summed E-state index contributed by atoms with van der Waals surface area (Å²) in [5, 5.41) is 2.75. The molecule has 0 radical (unpaired) electrons. The summed E-state index contributed by atoms with van der Waals surface area (Å²) in [6, 6.07) is 5.96. The maximum atomic E-state index is 14.0. The second-order valence-corrected chi connectivity index (χ2v) is 7.69. The van der Waals surface area contributed by atoms with E-state index in [1.54, 1.807) is 19.1 Å². The highest BCUT2D eigenvalue weighted by atomic mass is 19.1. The van der Waals surface area contributed by atoms with Crippen LogP contribution in [0.4, 0.5) is 10.1 Å². The number of halogens is 1. The fourth-order valence-corrected chi connectivity index (χ4v) is 3.73. The molecule has 2 atom stereocenters. The molecule has 29 heavy (non-hydrogen) atoms. The van der Waals surface area contributed by atoms with E-state index < -0.39 is 17.6 Å². The first-order valence-electron chi connectivity index (χ1n) is 9.20. The van der Waals surface area contributed by atoms with Crippen LogP contribution in [0.5, 0.6) is 5.75 Å². The summed E-state index contributed by atoms with van der Waals surface area (Å²) >= 11 is 0. The lowest BCUT2D eigenvalue weighted by atomic mass is 9.86. The van der Waals surface area contributed by atoms with Crippen LogP contribution in [0.3, 0.4) is 0 Å². The van der Waals surface area contributed by atoms with E-state index in [0.717, 1.165) is 0 Å². The molecule has 0 bridgehead atoms. The zero-order valence-corrected chi connectivity index (χ0v) is 16.8. The number of carbonyl (C=O) groups is 2. The van der Waals surface area contributed by atoms with Gasteiger partial charge in [-0.25, -0.2) is 4.39 Å². The second-order valence-electron chi connectivity index (χ2n) is 7.69. The van der Waals surface area contributed by atoms with E-state index in [4.69, 9.17) is 15.2 Å². The van der Waals surface area contributed by atoms with Crippen LogP contribution < -0.4 is 15.8 Å². The van der Waals surface area contributed by atoms with E-state index >= 15 is 0 Å². The highest BCUT2D eigenvalue weighted by Gasteiger charge is 2.46. The van der Waals surface area contributed by atoms with Crippen LogP contribution >= 0.6 is 0 Å². The number of methoxy groups -OCH3 is 1. The van der Waals surface area contributed by atoms with Crippen LogP contribution in [0, 0.1) is 12.7 Å². The summed E-state index contributed by atoms with van der Waals surface area (Å²) in [5.41, 5.74) is 6.21. The Morgan fingerprint density at radius 1 is 1.34 bits per heavy atom. The van der Waals surface area contributed by atoms with Crippen LogP contribution in [0.1, 0.15) is 47.8 Å². The predicted octanol–water partition coefficient (Wildman–Crippen LogP) is 2.93. The number of ether oxygens (including phenoxy) is 2. The molecule has 7 nitrogen and oxygen atoms in total. The van der Waals surface area contributed by atoms with Crippen LogP contribution in [0.2, 0.25) is 0 Å². The fraction of sp³-hybridized carbons (Fsp3) is 0.381. The lowest BCUT2D eigenvalue weighted by Gasteiger charge is -2.22. The molecule has 3 N–H and O–H groups in total.